The number of rotatable bonds is 1. The van der Waals surface area contributed by atoms with Gasteiger partial charge >= 0.3 is 0 Å². The number of halogens is 3. The lowest BCUT2D eigenvalue weighted by Crippen LogP contribution is -2.20. The summed E-state index contributed by atoms with van der Waals surface area (Å²) in [5, 5.41) is 8.39. The molecule has 0 spiro atoms. The third kappa shape index (κ3) is 2.16. The number of carbonyl (C=O) groups is 1. The second-order valence-corrected chi connectivity index (χ2v) is 6.72. The molecule has 1 atom stereocenters. The van der Waals surface area contributed by atoms with Gasteiger partial charge in [-0.15, -0.1) is 0 Å². The SMILES string of the molecule is Cn1cc2c3c(c(Br)cc2n1)C(c1cc(F)ccc1Cl)NC3=O. The van der Waals surface area contributed by atoms with E-state index >= 15 is 0 Å². The molecule has 4 rings (SSSR count). The van der Waals surface area contributed by atoms with Crippen LogP contribution in [0.2, 0.25) is 5.02 Å². The van der Waals surface area contributed by atoms with Crippen molar-refractivity contribution in [3.63, 3.8) is 0 Å². The van der Waals surface area contributed by atoms with E-state index in [2.05, 4.69) is 26.3 Å². The van der Waals surface area contributed by atoms with Crippen LogP contribution in [0.15, 0.2) is 34.9 Å². The van der Waals surface area contributed by atoms with Crippen LogP contribution in [0, 0.1) is 5.82 Å². The van der Waals surface area contributed by atoms with E-state index in [9.17, 15) is 9.18 Å². The summed E-state index contributed by atoms with van der Waals surface area (Å²) in [5.74, 6) is -0.615. The lowest BCUT2D eigenvalue weighted by atomic mass is 9.96. The van der Waals surface area contributed by atoms with Crippen LogP contribution in [-0.4, -0.2) is 15.7 Å². The number of hydrogen-bond donors (Lipinski definition) is 1. The number of nitrogens with zero attached hydrogens (tertiary/aromatic N) is 2. The van der Waals surface area contributed by atoms with Gasteiger partial charge < -0.3 is 5.32 Å². The number of nitrogens with one attached hydrogen (secondary N) is 1. The maximum Gasteiger partial charge on any atom is 0.253 e. The highest BCUT2D eigenvalue weighted by atomic mass is 79.9. The zero-order valence-electron chi connectivity index (χ0n) is 11.9. The molecule has 3 aromatic rings. The number of aryl methyl sites for hydroxylation is 1. The Bertz CT molecular complexity index is 985. The van der Waals surface area contributed by atoms with Gasteiger partial charge in [0.2, 0.25) is 0 Å². The lowest BCUT2D eigenvalue weighted by molar-refractivity contribution is 0.0962. The molecule has 0 fully saturated rings. The first-order valence-corrected chi connectivity index (χ1v) is 8.04. The summed E-state index contributed by atoms with van der Waals surface area (Å²) in [6, 6.07) is 5.49. The Balaban J connectivity index is 2.01. The Morgan fingerprint density at radius 1 is 1.39 bits per heavy atom. The largest absolute Gasteiger partial charge is 0.341 e. The molecule has 1 N–H and O–H groups in total. The Morgan fingerprint density at radius 2 is 2.17 bits per heavy atom. The highest BCUT2D eigenvalue weighted by Gasteiger charge is 2.35. The molecule has 0 bridgehead atoms. The number of carbonyl (C=O) groups excluding carboxylic acids is 1. The van der Waals surface area contributed by atoms with Gasteiger partial charge in [-0.05, 0) is 24.3 Å². The molecule has 0 radical (unpaired) electrons. The minimum atomic E-state index is -0.500. The van der Waals surface area contributed by atoms with Crippen LogP contribution in [0.25, 0.3) is 10.9 Å². The average Bonchev–Trinajstić information content (AvgIpc) is 3.02. The molecule has 116 valence electrons. The van der Waals surface area contributed by atoms with Crippen molar-refractivity contribution in [2.24, 2.45) is 7.05 Å². The summed E-state index contributed by atoms with van der Waals surface area (Å²) in [5.41, 5.74) is 2.55. The van der Waals surface area contributed by atoms with E-state index in [1.54, 1.807) is 17.9 Å². The molecule has 0 aliphatic carbocycles. The number of amides is 1. The van der Waals surface area contributed by atoms with E-state index in [1.807, 2.05) is 6.07 Å². The summed E-state index contributed by atoms with van der Waals surface area (Å²) in [6.45, 7) is 0. The van der Waals surface area contributed by atoms with E-state index < -0.39 is 11.9 Å². The van der Waals surface area contributed by atoms with Crippen molar-refractivity contribution >= 4 is 44.3 Å². The van der Waals surface area contributed by atoms with Crippen LogP contribution in [0.1, 0.15) is 27.5 Å². The highest BCUT2D eigenvalue weighted by Crippen LogP contribution is 2.42. The van der Waals surface area contributed by atoms with Crippen LogP contribution in [-0.2, 0) is 7.05 Å². The summed E-state index contributed by atoms with van der Waals surface area (Å²) < 4.78 is 16.0. The van der Waals surface area contributed by atoms with E-state index in [-0.39, 0.29) is 5.91 Å². The molecule has 2 heterocycles. The van der Waals surface area contributed by atoms with Gasteiger partial charge in [-0.1, -0.05) is 27.5 Å². The number of aromatic nitrogens is 2. The average molecular weight is 395 g/mol. The predicted octanol–water partition coefficient (Wildman–Crippen LogP) is 3.96. The van der Waals surface area contributed by atoms with E-state index in [0.717, 1.165) is 20.9 Å². The van der Waals surface area contributed by atoms with Gasteiger partial charge in [0.1, 0.15) is 5.82 Å². The molecule has 7 heteroatoms. The number of hydrogen-bond acceptors (Lipinski definition) is 2. The second kappa shape index (κ2) is 5.04. The molecule has 1 aromatic heterocycles. The third-order valence-electron chi connectivity index (χ3n) is 3.98. The minimum absolute atomic E-state index is 0.218. The van der Waals surface area contributed by atoms with Gasteiger partial charge in [-0.2, -0.15) is 5.10 Å². The summed E-state index contributed by atoms with van der Waals surface area (Å²) >= 11 is 9.72. The molecule has 1 amide bonds. The topological polar surface area (TPSA) is 46.9 Å². The van der Waals surface area contributed by atoms with Gasteiger partial charge in [0.05, 0.1) is 17.1 Å². The van der Waals surface area contributed by atoms with Crippen LogP contribution >= 0.6 is 27.5 Å². The van der Waals surface area contributed by atoms with Crippen LogP contribution < -0.4 is 5.32 Å². The zero-order chi connectivity index (χ0) is 16.3. The Kier molecular flexibility index (Phi) is 3.21. The Morgan fingerprint density at radius 3 is 2.96 bits per heavy atom. The monoisotopic (exact) mass is 393 g/mol. The van der Waals surface area contributed by atoms with Gasteiger partial charge in [0, 0.05) is 39.3 Å². The Hall–Kier alpha value is -1.92. The summed E-state index contributed by atoms with van der Waals surface area (Å²) in [4.78, 5) is 12.5. The normalized spacial score (nSPS) is 16.7. The first kappa shape index (κ1) is 14.7. The fraction of sp³-hybridized carbons (Fsp3) is 0.125. The standard InChI is InChI=1S/C16H10BrClFN3O/c1-22-6-9-12(21-22)5-10(17)14-13(9)16(23)20-15(14)8-4-7(19)2-3-11(8)18/h2-6,15H,1H3,(H,20,23). The van der Waals surface area contributed by atoms with E-state index in [1.165, 1.54) is 18.2 Å². The van der Waals surface area contributed by atoms with Gasteiger partial charge in [-0.25, -0.2) is 4.39 Å². The quantitative estimate of drug-likeness (QED) is 0.679. The van der Waals surface area contributed by atoms with Crippen molar-refractivity contribution in [2.45, 2.75) is 6.04 Å². The van der Waals surface area contributed by atoms with Gasteiger partial charge in [-0.3, -0.25) is 9.48 Å². The number of benzene rings is 2. The maximum atomic E-state index is 13.6. The molecular formula is C16H10BrClFN3O. The van der Waals surface area contributed by atoms with Crippen molar-refractivity contribution in [2.75, 3.05) is 0 Å². The first-order chi connectivity index (χ1) is 11.0. The molecule has 23 heavy (non-hydrogen) atoms. The van der Waals surface area contributed by atoms with E-state index in [0.29, 0.717) is 16.1 Å². The van der Waals surface area contributed by atoms with Crippen molar-refractivity contribution < 1.29 is 9.18 Å². The second-order valence-electron chi connectivity index (χ2n) is 5.45. The van der Waals surface area contributed by atoms with Crippen molar-refractivity contribution in [1.29, 1.82) is 0 Å². The fourth-order valence-electron chi connectivity index (χ4n) is 3.04. The van der Waals surface area contributed by atoms with Crippen LogP contribution in [0.4, 0.5) is 4.39 Å². The lowest BCUT2D eigenvalue weighted by Gasteiger charge is -2.15. The summed E-state index contributed by atoms with van der Waals surface area (Å²) in [7, 11) is 1.80. The zero-order valence-corrected chi connectivity index (χ0v) is 14.2. The smallest absolute Gasteiger partial charge is 0.253 e. The number of fused-ring (bicyclic) bond motifs is 3. The van der Waals surface area contributed by atoms with Crippen LogP contribution in [0.3, 0.4) is 0 Å². The fourth-order valence-corrected chi connectivity index (χ4v) is 3.91. The molecule has 2 aromatic carbocycles. The molecule has 0 saturated heterocycles. The minimum Gasteiger partial charge on any atom is -0.341 e. The Labute approximate surface area is 144 Å². The molecular weight excluding hydrogens is 385 g/mol. The maximum absolute atomic E-state index is 13.6. The third-order valence-corrected chi connectivity index (χ3v) is 4.98. The predicted molar refractivity (Wildman–Crippen MR) is 89.1 cm³/mol. The van der Waals surface area contributed by atoms with Gasteiger partial charge in [0.25, 0.3) is 5.91 Å². The molecule has 1 aliphatic heterocycles. The van der Waals surface area contributed by atoms with Crippen molar-refractivity contribution in [3.05, 3.63) is 62.5 Å². The van der Waals surface area contributed by atoms with Crippen molar-refractivity contribution in [3.8, 4) is 0 Å². The molecule has 0 saturated carbocycles. The molecule has 4 nitrogen and oxygen atoms in total. The molecule has 1 aliphatic rings. The van der Waals surface area contributed by atoms with Gasteiger partial charge in [0.15, 0.2) is 0 Å². The van der Waals surface area contributed by atoms with Crippen molar-refractivity contribution in [1.82, 2.24) is 15.1 Å². The molecule has 1 unspecified atom stereocenters. The van der Waals surface area contributed by atoms with Crippen LogP contribution in [0.5, 0.6) is 0 Å². The summed E-state index contributed by atoms with van der Waals surface area (Å²) in [6.07, 6.45) is 1.80. The van der Waals surface area contributed by atoms with E-state index in [4.69, 9.17) is 11.6 Å². The first-order valence-electron chi connectivity index (χ1n) is 6.87. The highest BCUT2D eigenvalue weighted by molar-refractivity contribution is 9.10.